The highest BCUT2D eigenvalue weighted by Crippen LogP contribution is 2.45. The number of benzene rings is 3. The molecule has 0 spiro atoms. The number of nitro groups is 1. The zero-order chi connectivity index (χ0) is 20.2. The molecule has 0 N–H and O–H groups in total. The fraction of sp³-hybridized carbons (Fsp3) is 0.125. The van der Waals surface area contributed by atoms with Crippen LogP contribution in [0.2, 0.25) is 0 Å². The smallest absolute Gasteiger partial charge is 0.269 e. The van der Waals surface area contributed by atoms with E-state index in [1.54, 1.807) is 12.1 Å². The summed E-state index contributed by atoms with van der Waals surface area (Å²) in [7, 11) is 0. The van der Waals surface area contributed by atoms with Gasteiger partial charge >= 0.3 is 0 Å². The van der Waals surface area contributed by atoms with Crippen LogP contribution in [-0.2, 0) is 4.74 Å². The lowest BCUT2D eigenvalue weighted by Crippen LogP contribution is -2.19. The van der Waals surface area contributed by atoms with Gasteiger partial charge in [-0.1, -0.05) is 72.8 Å². The Bertz CT molecular complexity index is 1080. The van der Waals surface area contributed by atoms with Crippen molar-refractivity contribution in [1.82, 2.24) is 0 Å². The minimum Gasteiger partial charge on any atom is -0.484 e. The zero-order valence-corrected chi connectivity index (χ0v) is 15.6. The Morgan fingerprint density at radius 2 is 1.52 bits per heavy atom. The number of nitro benzene ring substituents is 1. The van der Waals surface area contributed by atoms with Crippen molar-refractivity contribution in [1.29, 1.82) is 5.26 Å². The number of nitriles is 1. The largest absolute Gasteiger partial charge is 0.484 e. The number of hydrogen-bond acceptors (Lipinski definition) is 4. The van der Waals surface area contributed by atoms with Gasteiger partial charge in [-0.15, -0.1) is 0 Å². The Hall–Kier alpha value is -3.91. The first-order valence-corrected chi connectivity index (χ1v) is 9.33. The molecular formula is C24H18N2O3. The lowest BCUT2D eigenvalue weighted by molar-refractivity contribution is -0.384. The van der Waals surface area contributed by atoms with Gasteiger partial charge in [0.05, 0.1) is 16.6 Å². The van der Waals surface area contributed by atoms with Crippen LogP contribution in [0, 0.1) is 21.4 Å². The minimum atomic E-state index is -0.420. The summed E-state index contributed by atoms with van der Waals surface area (Å²) in [6, 6.07) is 28.3. The molecule has 1 aliphatic rings. The summed E-state index contributed by atoms with van der Waals surface area (Å²) in [6.07, 6.45) is 0.366. The molecule has 5 heteroatoms. The van der Waals surface area contributed by atoms with Gasteiger partial charge in [0, 0.05) is 30.0 Å². The van der Waals surface area contributed by atoms with Crippen molar-refractivity contribution in [3.8, 4) is 6.07 Å². The summed E-state index contributed by atoms with van der Waals surface area (Å²) in [5, 5.41) is 21.0. The average molecular weight is 382 g/mol. The van der Waals surface area contributed by atoms with E-state index in [9.17, 15) is 15.4 Å². The third kappa shape index (κ3) is 3.74. The predicted molar refractivity (Wildman–Crippen MR) is 110 cm³/mol. The summed E-state index contributed by atoms with van der Waals surface area (Å²) in [4.78, 5) is 10.6. The molecule has 4 rings (SSSR count). The van der Waals surface area contributed by atoms with Crippen LogP contribution in [0.15, 0.2) is 90.5 Å². The van der Waals surface area contributed by atoms with E-state index in [4.69, 9.17) is 4.74 Å². The van der Waals surface area contributed by atoms with Crippen molar-refractivity contribution in [2.24, 2.45) is 0 Å². The summed E-state index contributed by atoms with van der Waals surface area (Å²) >= 11 is 0. The first-order valence-electron chi connectivity index (χ1n) is 9.33. The van der Waals surface area contributed by atoms with Gasteiger partial charge in [0.25, 0.3) is 5.69 Å². The molecule has 0 amide bonds. The van der Waals surface area contributed by atoms with Gasteiger partial charge in [-0.05, 0) is 11.1 Å². The van der Waals surface area contributed by atoms with Crippen LogP contribution in [0.1, 0.15) is 35.1 Å². The van der Waals surface area contributed by atoms with Gasteiger partial charge in [-0.3, -0.25) is 10.1 Å². The van der Waals surface area contributed by atoms with Crippen LogP contribution in [0.25, 0.3) is 5.76 Å². The van der Waals surface area contributed by atoms with Crippen LogP contribution in [-0.4, -0.2) is 4.92 Å². The van der Waals surface area contributed by atoms with Gasteiger partial charge in [0.1, 0.15) is 11.9 Å². The third-order valence-corrected chi connectivity index (χ3v) is 5.14. The molecule has 0 aromatic heterocycles. The molecule has 1 aliphatic heterocycles. The average Bonchev–Trinajstić information content (AvgIpc) is 2.79. The maximum absolute atomic E-state index is 11.0. The Labute approximate surface area is 168 Å². The molecule has 2 atom stereocenters. The van der Waals surface area contributed by atoms with Crippen molar-refractivity contribution < 1.29 is 9.66 Å². The molecule has 0 unspecified atom stereocenters. The second-order valence-corrected chi connectivity index (χ2v) is 6.87. The molecule has 0 radical (unpaired) electrons. The monoisotopic (exact) mass is 382 g/mol. The summed E-state index contributed by atoms with van der Waals surface area (Å²) in [5.74, 6) is 0.353. The molecule has 5 nitrogen and oxygen atoms in total. The Morgan fingerprint density at radius 3 is 2.10 bits per heavy atom. The summed E-state index contributed by atoms with van der Waals surface area (Å²) < 4.78 is 6.32. The Kier molecular flexibility index (Phi) is 5.08. The first kappa shape index (κ1) is 18.5. The van der Waals surface area contributed by atoms with Crippen LogP contribution in [0.4, 0.5) is 5.69 Å². The van der Waals surface area contributed by atoms with Crippen molar-refractivity contribution in [2.75, 3.05) is 0 Å². The molecule has 29 heavy (non-hydrogen) atoms. The second kappa shape index (κ2) is 7.99. The molecule has 0 fully saturated rings. The molecular weight excluding hydrogens is 364 g/mol. The Morgan fingerprint density at radius 1 is 0.897 bits per heavy atom. The molecule has 0 saturated carbocycles. The molecule has 3 aromatic carbocycles. The minimum absolute atomic E-state index is 0.0335. The molecule has 142 valence electrons. The number of nitrogens with zero attached hydrogens (tertiary/aromatic N) is 2. The zero-order valence-electron chi connectivity index (χ0n) is 15.6. The molecule has 0 saturated heterocycles. The molecule has 1 heterocycles. The topological polar surface area (TPSA) is 76.2 Å². The normalized spacial score (nSPS) is 18.6. The molecule has 0 bridgehead atoms. The number of non-ortho nitro benzene ring substituents is 1. The fourth-order valence-electron chi connectivity index (χ4n) is 3.69. The van der Waals surface area contributed by atoms with Gasteiger partial charge in [0.2, 0.25) is 0 Å². The van der Waals surface area contributed by atoms with E-state index >= 15 is 0 Å². The predicted octanol–water partition coefficient (Wildman–Crippen LogP) is 5.77. The highest BCUT2D eigenvalue weighted by atomic mass is 16.6. The maximum atomic E-state index is 11.0. The van der Waals surface area contributed by atoms with Gasteiger partial charge in [0.15, 0.2) is 0 Å². The van der Waals surface area contributed by atoms with E-state index in [1.165, 1.54) is 12.1 Å². The molecule has 0 aliphatic carbocycles. The van der Waals surface area contributed by atoms with Crippen LogP contribution in [0.5, 0.6) is 0 Å². The molecule has 3 aromatic rings. The lowest BCUT2D eigenvalue weighted by Gasteiger charge is -2.32. The number of allylic oxidation sites excluding steroid dienone is 1. The highest BCUT2D eigenvalue weighted by Gasteiger charge is 2.33. The van der Waals surface area contributed by atoms with E-state index in [2.05, 4.69) is 6.07 Å². The number of hydrogen-bond donors (Lipinski definition) is 0. The fourth-order valence-corrected chi connectivity index (χ4v) is 3.69. The van der Waals surface area contributed by atoms with E-state index in [-0.39, 0.29) is 17.7 Å². The van der Waals surface area contributed by atoms with Gasteiger partial charge < -0.3 is 4.74 Å². The Balaban J connectivity index is 1.82. The lowest BCUT2D eigenvalue weighted by atomic mass is 9.81. The van der Waals surface area contributed by atoms with Gasteiger partial charge in [-0.2, -0.15) is 5.26 Å². The SMILES string of the molecule is N#CC1=C(c2ccccc2)O[C@@H](c2ccccc2)C[C@@H]1c1ccc([N+](=O)[O-])cc1. The van der Waals surface area contributed by atoms with E-state index in [1.807, 2.05) is 60.7 Å². The van der Waals surface area contributed by atoms with E-state index < -0.39 is 4.92 Å². The summed E-state index contributed by atoms with van der Waals surface area (Å²) in [5.41, 5.74) is 3.31. The van der Waals surface area contributed by atoms with Gasteiger partial charge in [-0.25, -0.2) is 0 Å². The quantitative estimate of drug-likeness (QED) is 0.424. The van der Waals surface area contributed by atoms with Crippen LogP contribution >= 0.6 is 0 Å². The number of rotatable bonds is 4. The van der Waals surface area contributed by atoms with Crippen molar-refractivity contribution in [2.45, 2.75) is 18.4 Å². The second-order valence-electron chi connectivity index (χ2n) is 6.87. The standard InChI is InChI=1S/C24H18N2O3/c25-16-22-21(17-11-13-20(14-12-17)26(27)28)15-23(18-7-3-1-4-8-18)29-24(22)19-9-5-2-6-10-19/h1-14,21,23H,15H2/t21-,23-/m1/s1. The summed E-state index contributed by atoms with van der Waals surface area (Å²) in [6.45, 7) is 0. The van der Waals surface area contributed by atoms with Crippen LogP contribution in [0.3, 0.4) is 0 Å². The third-order valence-electron chi connectivity index (χ3n) is 5.14. The first-order chi connectivity index (χ1) is 14.2. The van der Waals surface area contributed by atoms with E-state index in [0.717, 1.165) is 16.7 Å². The highest BCUT2D eigenvalue weighted by molar-refractivity contribution is 5.70. The van der Waals surface area contributed by atoms with E-state index in [0.29, 0.717) is 17.8 Å². The van der Waals surface area contributed by atoms with Crippen molar-refractivity contribution >= 4 is 11.4 Å². The maximum Gasteiger partial charge on any atom is 0.269 e. The van der Waals surface area contributed by atoms with Crippen molar-refractivity contribution in [3.63, 3.8) is 0 Å². The van der Waals surface area contributed by atoms with Crippen molar-refractivity contribution in [3.05, 3.63) is 117 Å². The number of ether oxygens (including phenoxy) is 1. The van der Waals surface area contributed by atoms with Crippen LogP contribution < -0.4 is 0 Å².